The average molecular weight is 386 g/mol. The Kier molecular flexibility index (Phi) is 4.51. The van der Waals surface area contributed by atoms with E-state index in [1.165, 1.54) is 11.3 Å². The molecule has 0 radical (unpaired) electrons. The molecule has 2 rings (SSSR count). The minimum Gasteiger partial charge on any atom is -0.384 e. The smallest absolute Gasteiger partial charge is 0.0879 e. The van der Waals surface area contributed by atoms with Crippen LogP contribution < -0.4 is 5.32 Å². The van der Waals surface area contributed by atoms with Gasteiger partial charge in [-0.25, -0.2) is 0 Å². The highest BCUT2D eigenvalue weighted by Gasteiger charge is 2.18. The molecule has 2 aromatic rings. The van der Waals surface area contributed by atoms with Crippen LogP contribution >= 0.6 is 31.9 Å². The van der Waals surface area contributed by atoms with Gasteiger partial charge >= 0.3 is 0 Å². The molecule has 0 unspecified atom stereocenters. The van der Waals surface area contributed by atoms with Crippen LogP contribution in [0, 0.1) is 6.92 Å². The van der Waals surface area contributed by atoms with Gasteiger partial charge in [0.2, 0.25) is 0 Å². The van der Waals surface area contributed by atoms with Crippen molar-refractivity contribution < 1.29 is 0 Å². The van der Waals surface area contributed by atoms with Crippen LogP contribution in [-0.2, 0) is 0 Å². The van der Waals surface area contributed by atoms with E-state index in [1.54, 1.807) is 0 Å². The van der Waals surface area contributed by atoms with Gasteiger partial charge in [0.05, 0.1) is 11.2 Å². The van der Waals surface area contributed by atoms with Crippen LogP contribution in [-0.4, -0.2) is 11.5 Å². The quantitative estimate of drug-likeness (QED) is 0.741. The number of aromatic nitrogens is 1. The fourth-order valence-electron chi connectivity index (χ4n) is 2.50. The monoisotopic (exact) mass is 384 g/mol. The Morgan fingerprint density at radius 1 is 1.21 bits per heavy atom. The van der Waals surface area contributed by atoms with Crippen molar-refractivity contribution in [2.24, 2.45) is 0 Å². The van der Waals surface area contributed by atoms with E-state index < -0.39 is 0 Å². The molecule has 1 heterocycles. The number of aryl methyl sites for hydroxylation is 1. The van der Waals surface area contributed by atoms with Crippen molar-refractivity contribution in [3.63, 3.8) is 0 Å². The van der Waals surface area contributed by atoms with Gasteiger partial charge in [-0.15, -0.1) is 0 Å². The number of fused-ring (bicyclic) bond motifs is 1. The second-order valence-corrected chi connectivity index (χ2v) is 6.63. The molecule has 0 bridgehead atoms. The highest BCUT2D eigenvalue weighted by Crippen LogP contribution is 2.39. The molecular weight excluding hydrogens is 368 g/mol. The number of halogens is 2. The first-order valence-electron chi connectivity index (χ1n) is 6.49. The van der Waals surface area contributed by atoms with E-state index in [9.17, 15) is 0 Å². The average Bonchev–Trinajstić information content (AvgIpc) is 2.33. The van der Waals surface area contributed by atoms with Crippen molar-refractivity contribution in [3.8, 4) is 0 Å². The summed E-state index contributed by atoms with van der Waals surface area (Å²) < 4.78 is 2.11. The summed E-state index contributed by atoms with van der Waals surface area (Å²) in [6, 6.07) is 4.10. The van der Waals surface area contributed by atoms with E-state index in [0.717, 1.165) is 32.1 Å². The van der Waals surface area contributed by atoms with E-state index in [2.05, 4.69) is 70.9 Å². The van der Waals surface area contributed by atoms with Crippen LogP contribution in [0.2, 0.25) is 0 Å². The van der Waals surface area contributed by atoms with Gasteiger partial charge in [-0.3, -0.25) is 4.98 Å². The predicted octanol–water partition coefficient (Wildman–Crippen LogP) is 5.62. The van der Waals surface area contributed by atoms with Crippen molar-refractivity contribution in [1.29, 1.82) is 0 Å². The normalized spacial score (nSPS) is 11.3. The molecular formula is C15H18Br2N2. The van der Waals surface area contributed by atoms with Gasteiger partial charge in [0.25, 0.3) is 0 Å². The van der Waals surface area contributed by atoms with Gasteiger partial charge in [-0.1, -0.05) is 29.8 Å². The summed E-state index contributed by atoms with van der Waals surface area (Å²) in [4.78, 5) is 4.78. The summed E-state index contributed by atoms with van der Waals surface area (Å²) in [6.45, 7) is 9.53. The minimum absolute atomic E-state index is 0.442. The van der Waals surface area contributed by atoms with Gasteiger partial charge in [-0.05, 0) is 53.4 Å². The minimum atomic E-state index is 0.442. The third-order valence-corrected chi connectivity index (χ3v) is 4.50. The highest BCUT2D eigenvalue weighted by atomic mass is 79.9. The second-order valence-electron chi connectivity index (χ2n) is 4.92. The Labute approximate surface area is 131 Å². The van der Waals surface area contributed by atoms with Crippen molar-refractivity contribution in [3.05, 3.63) is 32.3 Å². The third-order valence-electron chi connectivity index (χ3n) is 3.20. The zero-order chi connectivity index (χ0) is 14.2. The Balaban J connectivity index is 2.94. The maximum Gasteiger partial charge on any atom is 0.0879 e. The summed E-state index contributed by atoms with van der Waals surface area (Å²) in [5.41, 5.74) is 4.60. The number of nitrogens with zero attached hydrogens (tertiary/aromatic N) is 1. The van der Waals surface area contributed by atoms with Crippen LogP contribution in [0.3, 0.4) is 0 Å². The van der Waals surface area contributed by atoms with Crippen molar-refractivity contribution in [2.45, 2.75) is 33.6 Å². The molecule has 19 heavy (non-hydrogen) atoms. The fraction of sp³-hybridized carbons (Fsp3) is 0.400. The maximum atomic E-state index is 4.78. The van der Waals surface area contributed by atoms with E-state index in [4.69, 9.17) is 4.98 Å². The summed E-state index contributed by atoms with van der Waals surface area (Å²) in [7, 11) is 0. The number of rotatable bonds is 3. The lowest BCUT2D eigenvalue weighted by molar-refractivity contribution is 0.847. The number of pyridine rings is 1. The molecule has 1 aromatic carbocycles. The van der Waals surface area contributed by atoms with Crippen LogP contribution in [0.15, 0.2) is 21.1 Å². The maximum absolute atomic E-state index is 4.78. The van der Waals surface area contributed by atoms with Crippen molar-refractivity contribution in [2.75, 3.05) is 11.9 Å². The first-order valence-corrected chi connectivity index (χ1v) is 8.08. The zero-order valence-electron chi connectivity index (χ0n) is 11.6. The second kappa shape index (κ2) is 5.80. The molecule has 0 aliphatic heterocycles. The number of nitrogens with one attached hydrogen (secondary N) is 1. The summed E-state index contributed by atoms with van der Waals surface area (Å²) >= 11 is 7.26. The molecule has 0 amide bonds. The van der Waals surface area contributed by atoms with Crippen LogP contribution in [0.25, 0.3) is 10.9 Å². The molecule has 2 nitrogen and oxygen atoms in total. The van der Waals surface area contributed by atoms with Gasteiger partial charge < -0.3 is 5.32 Å². The summed E-state index contributed by atoms with van der Waals surface area (Å²) in [6.07, 6.45) is 0. The Bertz CT molecular complexity index is 621. The van der Waals surface area contributed by atoms with Gasteiger partial charge in [0.15, 0.2) is 0 Å². The SMILES string of the molecule is CCNc1c(C(C)C)c(C)nc2c(Br)ccc(Br)c12. The Morgan fingerprint density at radius 3 is 2.42 bits per heavy atom. The van der Waals surface area contributed by atoms with E-state index in [-0.39, 0.29) is 0 Å². The van der Waals surface area contributed by atoms with Crippen molar-refractivity contribution >= 4 is 48.5 Å². The van der Waals surface area contributed by atoms with Gasteiger partial charge in [0, 0.05) is 26.6 Å². The fourth-order valence-corrected chi connectivity index (χ4v) is 3.44. The van der Waals surface area contributed by atoms with Crippen LogP contribution in [0.4, 0.5) is 5.69 Å². The summed E-state index contributed by atoms with van der Waals surface area (Å²) in [5.74, 6) is 0.442. The van der Waals surface area contributed by atoms with Crippen LogP contribution in [0.1, 0.15) is 37.9 Å². The zero-order valence-corrected chi connectivity index (χ0v) is 14.8. The first-order chi connectivity index (χ1) is 8.97. The van der Waals surface area contributed by atoms with E-state index in [0.29, 0.717) is 5.92 Å². The number of anilines is 1. The summed E-state index contributed by atoms with van der Waals surface area (Å²) in [5, 5.41) is 4.68. The molecule has 4 heteroatoms. The molecule has 0 spiro atoms. The molecule has 102 valence electrons. The van der Waals surface area contributed by atoms with E-state index in [1.807, 2.05) is 6.07 Å². The molecule has 1 aromatic heterocycles. The highest BCUT2D eigenvalue weighted by molar-refractivity contribution is 9.11. The lowest BCUT2D eigenvalue weighted by Crippen LogP contribution is -2.07. The van der Waals surface area contributed by atoms with E-state index >= 15 is 0 Å². The molecule has 0 fully saturated rings. The first kappa shape index (κ1) is 14.8. The lowest BCUT2D eigenvalue weighted by Gasteiger charge is -2.20. The third kappa shape index (κ3) is 2.65. The number of hydrogen-bond acceptors (Lipinski definition) is 2. The standard InChI is InChI=1S/C15H18Br2N2/c1-5-18-15-12(8(2)3)9(4)19-14-11(17)7-6-10(16)13(14)15/h6-8H,5H2,1-4H3,(H,18,19). The number of benzene rings is 1. The molecule has 0 aliphatic carbocycles. The molecule has 0 saturated heterocycles. The van der Waals surface area contributed by atoms with Gasteiger partial charge in [-0.2, -0.15) is 0 Å². The molecule has 0 aliphatic rings. The lowest BCUT2D eigenvalue weighted by atomic mass is 9.96. The molecule has 0 saturated carbocycles. The number of hydrogen-bond donors (Lipinski definition) is 1. The Hall–Kier alpha value is -0.610. The topological polar surface area (TPSA) is 24.9 Å². The van der Waals surface area contributed by atoms with Crippen LogP contribution in [0.5, 0.6) is 0 Å². The van der Waals surface area contributed by atoms with Gasteiger partial charge in [0.1, 0.15) is 0 Å². The Morgan fingerprint density at radius 2 is 1.84 bits per heavy atom. The largest absolute Gasteiger partial charge is 0.384 e. The molecule has 1 N–H and O–H groups in total. The predicted molar refractivity (Wildman–Crippen MR) is 90.1 cm³/mol. The molecule has 0 atom stereocenters. The van der Waals surface area contributed by atoms with Crippen molar-refractivity contribution in [1.82, 2.24) is 4.98 Å².